The molecule has 0 saturated heterocycles. The van der Waals surface area contributed by atoms with Crippen molar-refractivity contribution in [1.82, 2.24) is 10.6 Å². The first-order valence-electron chi connectivity index (χ1n) is 5.99. The van der Waals surface area contributed by atoms with Crippen molar-refractivity contribution in [3.63, 3.8) is 0 Å². The Labute approximate surface area is 103 Å². The minimum absolute atomic E-state index is 0.364. The van der Waals surface area contributed by atoms with Crippen LogP contribution in [0.2, 0.25) is 0 Å². The van der Waals surface area contributed by atoms with Crippen LogP contribution in [-0.4, -0.2) is 32.8 Å². The smallest absolute Gasteiger partial charge is 0.329 e. The summed E-state index contributed by atoms with van der Waals surface area (Å²) in [6.45, 7) is 4.02. The zero-order valence-electron chi connectivity index (χ0n) is 10.5. The van der Waals surface area contributed by atoms with Gasteiger partial charge in [0.25, 0.3) is 0 Å². The highest BCUT2D eigenvalue weighted by Gasteiger charge is 2.23. The van der Waals surface area contributed by atoms with E-state index in [2.05, 4.69) is 17.5 Å². The van der Waals surface area contributed by atoms with Crippen LogP contribution < -0.4 is 22.0 Å². The second kappa shape index (κ2) is 11.1. The van der Waals surface area contributed by atoms with E-state index in [0.717, 1.165) is 19.3 Å². The van der Waals surface area contributed by atoms with E-state index in [1.54, 1.807) is 0 Å². The summed E-state index contributed by atoms with van der Waals surface area (Å²) in [5.41, 5.74) is 13.1. The Hall–Kier alpha value is -0.0100. The maximum atomic E-state index is 12.1. The number of hydroxylamine groups is 1. The second-order valence-electron chi connectivity index (χ2n) is 3.51. The van der Waals surface area contributed by atoms with Crippen molar-refractivity contribution in [2.45, 2.75) is 26.2 Å². The quantitative estimate of drug-likeness (QED) is 0.229. The van der Waals surface area contributed by atoms with Crippen LogP contribution in [0.15, 0.2) is 0 Å². The van der Waals surface area contributed by atoms with E-state index in [-0.39, 0.29) is 0 Å². The number of rotatable bonds is 12. The summed E-state index contributed by atoms with van der Waals surface area (Å²) in [7, 11) is -3.30. The van der Waals surface area contributed by atoms with E-state index >= 15 is 0 Å². The molecule has 0 aromatic heterocycles. The fourth-order valence-electron chi connectivity index (χ4n) is 1.03. The minimum atomic E-state index is -3.30. The van der Waals surface area contributed by atoms with Crippen LogP contribution in [0.1, 0.15) is 26.2 Å². The molecule has 0 saturated carbocycles. The average molecular weight is 268 g/mol. The molecule has 0 aromatic carbocycles. The molecular formula is C9H25N4O3P. The first-order valence-corrected chi connectivity index (χ1v) is 7.54. The fraction of sp³-hybridized carbons (Fsp3) is 1.00. The molecular weight excluding hydrogens is 243 g/mol. The van der Waals surface area contributed by atoms with Gasteiger partial charge in [-0.05, 0) is 6.42 Å². The van der Waals surface area contributed by atoms with Crippen LogP contribution in [0.3, 0.4) is 0 Å². The standard InChI is InChI=1S/C9H25N4O3P/c1-2-3-4-9-15-17(14,13-8-6-11)16-12-7-5-10/h12H,2-11H2,1H3,(H,13,14). The highest BCUT2D eigenvalue weighted by Crippen LogP contribution is 2.42. The summed E-state index contributed by atoms with van der Waals surface area (Å²) in [6, 6.07) is 0. The molecule has 104 valence electrons. The third kappa shape index (κ3) is 9.67. The summed E-state index contributed by atoms with van der Waals surface area (Å²) in [4.78, 5) is 0. The molecule has 6 N–H and O–H groups in total. The molecule has 0 radical (unpaired) electrons. The van der Waals surface area contributed by atoms with Crippen molar-refractivity contribution in [1.29, 1.82) is 0 Å². The number of nitrogens with one attached hydrogen (secondary N) is 2. The molecule has 8 heteroatoms. The van der Waals surface area contributed by atoms with Gasteiger partial charge < -0.3 is 11.5 Å². The van der Waals surface area contributed by atoms with Crippen LogP contribution in [-0.2, 0) is 13.7 Å². The van der Waals surface area contributed by atoms with Gasteiger partial charge in [-0.25, -0.2) is 14.3 Å². The summed E-state index contributed by atoms with van der Waals surface area (Å²) in [6.07, 6.45) is 2.97. The minimum Gasteiger partial charge on any atom is -0.329 e. The number of hydrogen-bond acceptors (Lipinski definition) is 6. The summed E-state index contributed by atoms with van der Waals surface area (Å²) in [5, 5.41) is 2.66. The molecule has 0 amide bonds. The van der Waals surface area contributed by atoms with E-state index in [0.29, 0.717) is 32.8 Å². The van der Waals surface area contributed by atoms with Crippen molar-refractivity contribution in [2.75, 3.05) is 32.8 Å². The predicted octanol–water partition coefficient (Wildman–Crippen LogP) is 0.330. The topological polar surface area (TPSA) is 112 Å². The zero-order valence-corrected chi connectivity index (χ0v) is 11.4. The van der Waals surface area contributed by atoms with Gasteiger partial charge >= 0.3 is 7.75 Å². The molecule has 0 aromatic rings. The van der Waals surface area contributed by atoms with Crippen LogP contribution in [0, 0.1) is 0 Å². The Balaban J connectivity index is 3.95. The van der Waals surface area contributed by atoms with Gasteiger partial charge in [-0.1, -0.05) is 19.8 Å². The van der Waals surface area contributed by atoms with Crippen molar-refractivity contribution in [2.24, 2.45) is 11.5 Å². The Morgan fingerprint density at radius 1 is 1.18 bits per heavy atom. The van der Waals surface area contributed by atoms with Gasteiger partial charge in [0.2, 0.25) is 0 Å². The molecule has 0 aliphatic carbocycles. The molecule has 17 heavy (non-hydrogen) atoms. The summed E-state index contributed by atoms with van der Waals surface area (Å²) >= 11 is 0. The molecule has 1 unspecified atom stereocenters. The van der Waals surface area contributed by atoms with Crippen LogP contribution in [0.25, 0.3) is 0 Å². The Bertz CT molecular complexity index is 218. The number of unbranched alkanes of at least 4 members (excludes halogenated alkanes) is 2. The van der Waals surface area contributed by atoms with Gasteiger partial charge in [-0.2, -0.15) is 5.48 Å². The van der Waals surface area contributed by atoms with E-state index in [1.165, 1.54) is 0 Å². The Morgan fingerprint density at radius 3 is 2.47 bits per heavy atom. The van der Waals surface area contributed by atoms with E-state index in [4.69, 9.17) is 20.6 Å². The zero-order chi connectivity index (χ0) is 13.0. The van der Waals surface area contributed by atoms with E-state index < -0.39 is 7.75 Å². The largest absolute Gasteiger partial charge is 0.422 e. The van der Waals surface area contributed by atoms with Crippen LogP contribution in [0.4, 0.5) is 0 Å². The molecule has 0 heterocycles. The van der Waals surface area contributed by atoms with Crippen molar-refractivity contribution in [3.8, 4) is 0 Å². The Morgan fingerprint density at radius 2 is 1.88 bits per heavy atom. The molecule has 0 aliphatic heterocycles. The normalized spacial score (nSPS) is 14.8. The van der Waals surface area contributed by atoms with Gasteiger partial charge in [-0.15, -0.1) is 0 Å². The van der Waals surface area contributed by atoms with E-state index in [9.17, 15) is 4.57 Å². The summed E-state index contributed by atoms with van der Waals surface area (Å²) in [5.74, 6) is 0. The lowest BCUT2D eigenvalue weighted by atomic mass is 10.3. The number of hydrogen-bond donors (Lipinski definition) is 4. The van der Waals surface area contributed by atoms with Gasteiger partial charge in [0.05, 0.1) is 6.61 Å². The predicted molar refractivity (Wildman–Crippen MR) is 68.3 cm³/mol. The lowest BCUT2D eigenvalue weighted by Crippen LogP contribution is -2.28. The maximum Gasteiger partial charge on any atom is 0.422 e. The van der Waals surface area contributed by atoms with Crippen LogP contribution >= 0.6 is 7.75 Å². The molecule has 0 spiro atoms. The summed E-state index contributed by atoms with van der Waals surface area (Å²) < 4.78 is 22.3. The lowest BCUT2D eigenvalue weighted by Gasteiger charge is -2.18. The number of nitrogens with two attached hydrogens (primary N) is 2. The maximum absolute atomic E-state index is 12.1. The first kappa shape index (κ1) is 17.0. The van der Waals surface area contributed by atoms with Gasteiger partial charge in [0.15, 0.2) is 0 Å². The Kier molecular flexibility index (Phi) is 11.1. The third-order valence-corrected chi connectivity index (χ3v) is 3.39. The second-order valence-corrected chi connectivity index (χ2v) is 5.26. The average Bonchev–Trinajstić information content (AvgIpc) is 2.33. The highest BCUT2D eigenvalue weighted by molar-refractivity contribution is 7.51. The lowest BCUT2D eigenvalue weighted by molar-refractivity contribution is 0.133. The van der Waals surface area contributed by atoms with Crippen molar-refractivity contribution >= 4 is 7.75 Å². The van der Waals surface area contributed by atoms with Gasteiger partial charge in [0.1, 0.15) is 0 Å². The van der Waals surface area contributed by atoms with Crippen molar-refractivity contribution < 1.29 is 13.7 Å². The van der Waals surface area contributed by atoms with Crippen molar-refractivity contribution in [3.05, 3.63) is 0 Å². The molecule has 0 aliphatic rings. The monoisotopic (exact) mass is 268 g/mol. The SMILES string of the molecule is CCCCCOP(=O)(NCCN)ONCCN. The molecule has 0 rings (SSSR count). The molecule has 0 bridgehead atoms. The first-order chi connectivity index (χ1) is 8.18. The molecule has 7 nitrogen and oxygen atoms in total. The van der Waals surface area contributed by atoms with Crippen LogP contribution in [0.5, 0.6) is 0 Å². The molecule has 0 fully saturated rings. The fourth-order valence-corrected chi connectivity index (χ4v) is 2.27. The van der Waals surface area contributed by atoms with E-state index in [1.807, 2.05) is 0 Å². The van der Waals surface area contributed by atoms with Gasteiger partial charge in [0, 0.05) is 26.2 Å². The third-order valence-electron chi connectivity index (χ3n) is 1.89. The highest BCUT2D eigenvalue weighted by atomic mass is 31.2. The van der Waals surface area contributed by atoms with Gasteiger partial charge in [-0.3, -0.25) is 4.52 Å². The molecule has 1 atom stereocenters.